The lowest BCUT2D eigenvalue weighted by Gasteiger charge is -2.32. The highest BCUT2D eigenvalue weighted by Crippen LogP contribution is 2.42. The van der Waals surface area contributed by atoms with E-state index in [2.05, 4.69) is 4.90 Å². The lowest BCUT2D eigenvalue weighted by molar-refractivity contribution is -0.129. The number of amides is 1. The zero-order valence-electron chi connectivity index (χ0n) is 17.0. The largest absolute Gasteiger partial charge is 0.503 e. The number of nitrogens with zero attached hydrogens (tertiary/aromatic N) is 2. The summed E-state index contributed by atoms with van der Waals surface area (Å²) in [5, 5.41) is 12.6. The Labute approximate surface area is 180 Å². The summed E-state index contributed by atoms with van der Waals surface area (Å²) < 4.78 is 5.53. The van der Waals surface area contributed by atoms with Gasteiger partial charge in [-0.3, -0.25) is 9.59 Å². The number of ether oxygens (including phenoxy) is 1. The summed E-state index contributed by atoms with van der Waals surface area (Å²) in [6.45, 7) is 3.18. The molecule has 1 saturated heterocycles. The summed E-state index contributed by atoms with van der Waals surface area (Å²) in [4.78, 5) is 30.8. The molecule has 7 heteroatoms. The second kappa shape index (κ2) is 9.02. The summed E-state index contributed by atoms with van der Waals surface area (Å²) in [5.74, 6) is -0.678. The molecular weight excluding hydrogens is 400 g/mol. The quantitative estimate of drug-likeness (QED) is 0.682. The molecule has 2 aromatic rings. The minimum atomic E-state index is -0.673. The van der Waals surface area contributed by atoms with Crippen molar-refractivity contribution in [2.24, 2.45) is 0 Å². The summed E-state index contributed by atoms with van der Waals surface area (Å²) in [7, 11) is 1.57. The number of para-hydroxylation sites is 1. The van der Waals surface area contributed by atoms with Gasteiger partial charge in [-0.15, -0.1) is 11.3 Å². The molecule has 1 N–H and O–H groups in total. The molecule has 6 nitrogen and oxygen atoms in total. The van der Waals surface area contributed by atoms with E-state index >= 15 is 0 Å². The van der Waals surface area contributed by atoms with Gasteiger partial charge in [0.25, 0.3) is 5.91 Å². The van der Waals surface area contributed by atoms with Gasteiger partial charge in [0.15, 0.2) is 5.76 Å². The SMILES string of the molecule is COc1ccccc1C1C(C(=O)c2cccs2)=C(O)C(=O)N1CCN1CCCCC1. The van der Waals surface area contributed by atoms with Gasteiger partial charge in [-0.05, 0) is 43.4 Å². The number of carbonyl (C=O) groups is 2. The minimum absolute atomic E-state index is 0.130. The van der Waals surface area contributed by atoms with E-state index in [0.29, 0.717) is 29.3 Å². The number of benzene rings is 1. The molecule has 0 spiro atoms. The van der Waals surface area contributed by atoms with Crippen molar-refractivity contribution >= 4 is 23.0 Å². The maximum absolute atomic E-state index is 13.3. The molecule has 158 valence electrons. The number of Topliss-reactive ketones (excluding diaryl/α,β-unsaturated/α-hetero) is 1. The van der Waals surface area contributed by atoms with Crippen molar-refractivity contribution in [2.75, 3.05) is 33.3 Å². The molecule has 2 aliphatic heterocycles. The Hall–Kier alpha value is -2.64. The van der Waals surface area contributed by atoms with E-state index in [1.165, 1.54) is 17.8 Å². The van der Waals surface area contributed by atoms with Crippen molar-refractivity contribution in [2.45, 2.75) is 25.3 Å². The summed E-state index contributed by atoms with van der Waals surface area (Å²) in [6, 6.07) is 10.2. The number of hydrogen-bond acceptors (Lipinski definition) is 6. The van der Waals surface area contributed by atoms with E-state index in [-0.39, 0.29) is 11.4 Å². The summed E-state index contributed by atoms with van der Waals surface area (Å²) in [5.41, 5.74) is 0.835. The van der Waals surface area contributed by atoms with E-state index in [0.717, 1.165) is 25.9 Å². The van der Waals surface area contributed by atoms with Crippen LogP contribution in [0.15, 0.2) is 53.1 Å². The smallest absolute Gasteiger partial charge is 0.290 e. The van der Waals surface area contributed by atoms with Gasteiger partial charge in [0.1, 0.15) is 5.75 Å². The summed E-state index contributed by atoms with van der Waals surface area (Å²) >= 11 is 1.30. The predicted molar refractivity (Wildman–Crippen MR) is 116 cm³/mol. The van der Waals surface area contributed by atoms with Crippen molar-refractivity contribution in [3.8, 4) is 5.75 Å². The number of aliphatic hydroxyl groups excluding tert-OH is 1. The topological polar surface area (TPSA) is 70.1 Å². The molecule has 0 saturated carbocycles. The van der Waals surface area contributed by atoms with Crippen LogP contribution >= 0.6 is 11.3 Å². The molecule has 3 heterocycles. The highest BCUT2D eigenvalue weighted by atomic mass is 32.1. The first kappa shape index (κ1) is 20.6. The molecule has 0 radical (unpaired) electrons. The predicted octanol–water partition coefficient (Wildman–Crippen LogP) is 3.82. The first-order chi connectivity index (χ1) is 14.6. The van der Waals surface area contributed by atoms with Crippen LogP contribution in [0, 0.1) is 0 Å². The third kappa shape index (κ3) is 3.87. The van der Waals surface area contributed by atoms with Gasteiger partial charge in [-0.2, -0.15) is 0 Å². The molecule has 2 aliphatic rings. The van der Waals surface area contributed by atoms with E-state index in [1.807, 2.05) is 29.6 Å². The van der Waals surface area contributed by atoms with Crippen molar-refractivity contribution in [3.05, 3.63) is 63.6 Å². The molecule has 0 aliphatic carbocycles. The number of aliphatic hydroxyl groups is 1. The van der Waals surface area contributed by atoms with Gasteiger partial charge in [0, 0.05) is 18.7 Å². The molecule has 1 atom stereocenters. The van der Waals surface area contributed by atoms with Crippen LogP contribution in [0.2, 0.25) is 0 Å². The standard InChI is InChI=1S/C23H26N2O4S/c1-29-17-9-4-3-8-16(17)20-19(21(26)18-10-7-15-30-18)22(27)23(28)25(20)14-13-24-11-5-2-6-12-24/h3-4,7-10,15,20,27H,2,5-6,11-14H2,1H3. The minimum Gasteiger partial charge on any atom is -0.503 e. The molecule has 1 fully saturated rings. The summed E-state index contributed by atoms with van der Waals surface area (Å²) in [6.07, 6.45) is 3.57. The van der Waals surface area contributed by atoms with Gasteiger partial charge in [-0.25, -0.2) is 0 Å². The van der Waals surface area contributed by atoms with Gasteiger partial charge in [0.05, 0.1) is 23.6 Å². The Bertz CT molecular complexity index is 948. The average molecular weight is 427 g/mol. The van der Waals surface area contributed by atoms with Gasteiger partial charge in [-0.1, -0.05) is 30.7 Å². The molecule has 1 aromatic carbocycles. The number of hydrogen-bond donors (Lipinski definition) is 1. The number of methoxy groups -OCH3 is 1. The Morgan fingerprint density at radius 1 is 1.13 bits per heavy atom. The second-order valence-corrected chi connectivity index (χ2v) is 8.56. The second-order valence-electron chi connectivity index (χ2n) is 7.61. The number of thiophene rings is 1. The number of likely N-dealkylation sites (tertiary alicyclic amines) is 1. The van der Waals surface area contributed by atoms with E-state index in [1.54, 1.807) is 24.1 Å². The van der Waals surface area contributed by atoms with Gasteiger partial charge >= 0.3 is 0 Å². The fourth-order valence-electron chi connectivity index (χ4n) is 4.30. The molecular formula is C23H26N2O4S. The first-order valence-electron chi connectivity index (χ1n) is 10.3. The Morgan fingerprint density at radius 3 is 2.60 bits per heavy atom. The Kier molecular flexibility index (Phi) is 6.20. The van der Waals surface area contributed by atoms with Crippen molar-refractivity contribution in [1.82, 2.24) is 9.80 Å². The van der Waals surface area contributed by atoms with Crippen LogP contribution in [0.3, 0.4) is 0 Å². The molecule has 1 unspecified atom stereocenters. The third-order valence-corrected chi connectivity index (χ3v) is 6.70. The molecule has 0 bridgehead atoms. The van der Waals surface area contributed by atoms with E-state index < -0.39 is 17.7 Å². The normalized spacial score (nSPS) is 20.1. The van der Waals surface area contributed by atoms with Crippen molar-refractivity contribution in [3.63, 3.8) is 0 Å². The number of ketones is 1. The third-order valence-electron chi connectivity index (χ3n) is 5.83. The maximum atomic E-state index is 13.3. The van der Waals surface area contributed by atoms with Crippen LogP contribution in [-0.2, 0) is 4.79 Å². The van der Waals surface area contributed by atoms with Crippen LogP contribution in [0.4, 0.5) is 0 Å². The highest BCUT2D eigenvalue weighted by Gasteiger charge is 2.44. The molecule has 1 amide bonds. The van der Waals surface area contributed by atoms with Crippen LogP contribution in [0.1, 0.15) is 40.5 Å². The molecule has 30 heavy (non-hydrogen) atoms. The Balaban J connectivity index is 1.70. The number of carbonyl (C=O) groups excluding carboxylic acids is 2. The zero-order valence-corrected chi connectivity index (χ0v) is 17.9. The maximum Gasteiger partial charge on any atom is 0.290 e. The first-order valence-corrected chi connectivity index (χ1v) is 11.2. The Morgan fingerprint density at radius 2 is 1.90 bits per heavy atom. The van der Waals surface area contributed by atoms with Crippen molar-refractivity contribution < 1.29 is 19.4 Å². The fourth-order valence-corrected chi connectivity index (χ4v) is 4.98. The number of piperidine rings is 1. The highest BCUT2D eigenvalue weighted by molar-refractivity contribution is 7.12. The van der Waals surface area contributed by atoms with Crippen LogP contribution < -0.4 is 4.74 Å². The van der Waals surface area contributed by atoms with Crippen LogP contribution in [0.25, 0.3) is 0 Å². The average Bonchev–Trinajstić information content (AvgIpc) is 3.40. The number of rotatable bonds is 7. The lowest BCUT2D eigenvalue weighted by atomic mass is 9.94. The zero-order chi connectivity index (χ0) is 21.1. The van der Waals surface area contributed by atoms with Crippen LogP contribution in [-0.4, -0.2) is 59.9 Å². The molecule has 4 rings (SSSR count). The van der Waals surface area contributed by atoms with E-state index in [4.69, 9.17) is 4.74 Å². The van der Waals surface area contributed by atoms with Crippen molar-refractivity contribution in [1.29, 1.82) is 0 Å². The van der Waals surface area contributed by atoms with E-state index in [9.17, 15) is 14.7 Å². The fraction of sp³-hybridized carbons (Fsp3) is 0.391. The monoisotopic (exact) mass is 426 g/mol. The van der Waals surface area contributed by atoms with Gasteiger partial charge < -0.3 is 19.6 Å². The van der Waals surface area contributed by atoms with Crippen LogP contribution in [0.5, 0.6) is 5.75 Å². The lowest BCUT2D eigenvalue weighted by Crippen LogP contribution is -2.40. The molecule has 1 aromatic heterocycles. The van der Waals surface area contributed by atoms with Gasteiger partial charge in [0.2, 0.25) is 5.78 Å².